The number of alkyl halides is 3. The molecular formula is C30H29F3N4O4S. The van der Waals surface area contributed by atoms with Crippen molar-refractivity contribution in [2.45, 2.75) is 50.6 Å². The molecule has 0 aromatic heterocycles. The zero-order valence-corrected chi connectivity index (χ0v) is 23.7. The van der Waals surface area contributed by atoms with E-state index in [4.69, 9.17) is 5.73 Å². The van der Waals surface area contributed by atoms with E-state index in [0.717, 1.165) is 47.6 Å². The van der Waals surface area contributed by atoms with Gasteiger partial charge in [-0.25, -0.2) is 0 Å². The van der Waals surface area contributed by atoms with Crippen LogP contribution in [-0.2, 0) is 27.8 Å². The van der Waals surface area contributed by atoms with Crippen LogP contribution in [0, 0.1) is 0 Å². The first-order chi connectivity index (χ1) is 19.8. The normalized spacial score (nSPS) is 12.2. The molecule has 0 spiro atoms. The number of benzene rings is 4. The van der Waals surface area contributed by atoms with E-state index in [9.17, 15) is 30.9 Å². The van der Waals surface area contributed by atoms with Gasteiger partial charge in [-0.15, -0.1) is 5.11 Å². The number of rotatable bonds is 9. The summed E-state index contributed by atoms with van der Waals surface area (Å²) in [5.74, 6) is -2.27. The molecule has 0 heterocycles. The van der Waals surface area contributed by atoms with Crippen LogP contribution in [0.1, 0.15) is 37.8 Å². The summed E-state index contributed by atoms with van der Waals surface area (Å²) >= 11 is 0. The molecule has 0 fully saturated rings. The predicted molar refractivity (Wildman–Crippen MR) is 157 cm³/mol. The zero-order valence-electron chi connectivity index (χ0n) is 22.9. The van der Waals surface area contributed by atoms with Crippen LogP contribution >= 0.6 is 0 Å². The van der Waals surface area contributed by atoms with E-state index in [1.54, 1.807) is 11.4 Å². The monoisotopic (exact) mass is 598 g/mol. The Bertz CT molecular complexity index is 1790. The number of anilines is 2. The van der Waals surface area contributed by atoms with E-state index < -0.39 is 32.8 Å². The van der Waals surface area contributed by atoms with Crippen LogP contribution in [0.3, 0.4) is 0 Å². The maximum Gasteiger partial charge on any atom is 0.471 e. The van der Waals surface area contributed by atoms with Crippen molar-refractivity contribution in [3.05, 3.63) is 77.9 Å². The maximum absolute atomic E-state index is 13.2. The third-order valence-corrected chi connectivity index (χ3v) is 7.51. The lowest BCUT2D eigenvalue weighted by Crippen LogP contribution is -2.30. The first-order valence-electron chi connectivity index (χ1n) is 13.2. The standard InChI is InChI=1S/C30H29F3N4O4S/c1-3-7-20-15-18(11-13-24(20)34)19-12-14-25(21(16-19)8-4-2)36-37-26-17-27(42(39,40)41)22-9-5-6-10-23(22)28(26)35-29(38)30(31,32)33/h5-6,9-17H,3-4,7-8,34H2,1-2H3,(H,35,38)(H,39,40,41). The van der Waals surface area contributed by atoms with Crippen LogP contribution in [0.4, 0.5) is 35.9 Å². The number of hydrogen-bond donors (Lipinski definition) is 3. The fourth-order valence-electron chi connectivity index (χ4n) is 4.65. The largest absolute Gasteiger partial charge is 0.471 e. The Kier molecular flexibility index (Phi) is 8.97. The van der Waals surface area contributed by atoms with Crippen molar-refractivity contribution in [1.82, 2.24) is 0 Å². The molecule has 0 unspecified atom stereocenters. The Morgan fingerprint density at radius 3 is 2.05 bits per heavy atom. The van der Waals surface area contributed by atoms with Crippen molar-refractivity contribution < 1.29 is 30.9 Å². The number of amides is 1. The molecule has 0 aliphatic heterocycles. The van der Waals surface area contributed by atoms with Gasteiger partial charge in [0.2, 0.25) is 0 Å². The molecule has 220 valence electrons. The molecule has 42 heavy (non-hydrogen) atoms. The molecule has 0 aliphatic carbocycles. The van der Waals surface area contributed by atoms with E-state index in [1.807, 2.05) is 37.3 Å². The second-order valence-electron chi connectivity index (χ2n) is 9.70. The van der Waals surface area contributed by atoms with Gasteiger partial charge in [0.25, 0.3) is 10.1 Å². The number of nitrogen functional groups attached to an aromatic ring is 1. The van der Waals surface area contributed by atoms with Gasteiger partial charge in [-0.2, -0.15) is 26.7 Å². The zero-order chi connectivity index (χ0) is 30.7. The molecule has 0 atom stereocenters. The quantitative estimate of drug-likeness (QED) is 0.102. The molecular weight excluding hydrogens is 569 g/mol. The highest BCUT2D eigenvalue weighted by Crippen LogP contribution is 2.40. The van der Waals surface area contributed by atoms with Crippen molar-refractivity contribution in [1.29, 1.82) is 0 Å². The lowest BCUT2D eigenvalue weighted by atomic mass is 9.96. The van der Waals surface area contributed by atoms with Gasteiger partial charge < -0.3 is 11.1 Å². The van der Waals surface area contributed by atoms with Crippen LogP contribution in [0.5, 0.6) is 0 Å². The smallest absolute Gasteiger partial charge is 0.399 e. The first-order valence-corrected chi connectivity index (χ1v) is 14.6. The van der Waals surface area contributed by atoms with E-state index in [-0.39, 0.29) is 16.5 Å². The second-order valence-corrected chi connectivity index (χ2v) is 11.1. The molecule has 0 radical (unpaired) electrons. The van der Waals surface area contributed by atoms with Crippen LogP contribution in [0.25, 0.3) is 21.9 Å². The molecule has 0 saturated heterocycles. The first kappa shape index (κ1) is 30.7. The van der Waals surface area contributed by atoms with Crippen LogP contribution < -0.4 is 11.1 Å². The molecule has 0 saturated carbocycles. The fourth-order valence-corrected chi connectivity index (χ4v) is 5.36. The minimum atomic E-state index is -5.22. The van der Waals surface area contributed by atoms with Crippen molar-refractivity contribution >= 4 is 49.5 Å². The average Bonchev–Trinajstić information content (AvgIpc) is 2.93. The van der Waals surface area contributed by atoms with Gasteiger partial charge in [0.15, 0.2) is 0 Å². The molecule has 4 rings (SSSR count). The Balaban J connectivity index is 1.85. The van der Waals surface area contributed by atoms with Gasteiger partial charge in [-0.05, 0) is 65.4 Å². The van der Waals surface area contributed by atoms with Crippen molar-refractivity contribution in [3.63, 3.8) is 0 Å². The summed E-state index contributed by atoms with van der Waals surface area (Å²) in [5.41, 5.74) is 10.2. The number of halogens is 3. The average molecular weight is 599 g/mol. The lowest BCUT2D eigenvalue weighted by Gasteiger charge is -2.15. The molecule has 4 N–H and O–H groups in total. The summed E-state index contributed by atoms with van der Waals surface area (Å²) in [6.07, 6.45) is -2.10. The lowest BCUT2D eigenvalue weighted by molar-refractivity contribution is -0.167. The van der Waals surface area contributed by atoms with Gasteiger partial charge in [0.1, 0.15) is 10.6 Å². The number of hydrogen-bond acceptors (Lipinski definition) is 6. The van der Waals surface area contributed by atoms with E-state index in [0.29, 0.717) is 17.8 Å². The van der Waals surface area contributed by atoms with Gasteiger partial charge in [-0.1, -0.05) is 63.1 Å². The topological polar surface area (TPSA) is 134 Å². The summed E-state index contributed by atoms with van der Waals surface area (Å²) in [6.45, 7) is 4.04. The van der Waals surface area contributed by atoms with Crippen molar-refractivity contribution in [3.8, 4) is 11.1 Å². The molecule has 0 bridgehead atoms. The third-order valence-electron chi connectivity index (χ3n) is 6.62. The number of nitrogens with two attached hydrogens (primary N) is 1. The molecule has 0 aliphatic rings. The Hall–Kier alpha value is -4.29. The van der Waals surface area contributed by atoms with E-state index in [2.05, 4.69) is 17.2 Å². The number of fused-ring (bicyclic) bond motifs is 1. The highest BCUT2D eigenvalue weighted by Gasteiger charge is 2.39. The highest BCUT2D eigenvalue weighted by atomic mass is 32.2. The SMILES string of the molecule is CCCc1cc(-c2ccc(N=Nc3cc(S(=O)(=O)O)c4ccccc4c3NC(=O)C(F)(F)F)c(CCC)c2)ccc1N. The number of nitrogens with one attached hydrogen (secondary N) is 1. The number of carbonyl (C=O) groups excluding carboxylic acids is 1. The molecule has 12 heteroatoms. The number of aryl methyl sites for hydroxylation is 2. The summed E-state index contributed by atoms with van der Waals surface area (Å²) in [6, 6.07) is 17.7. The van der Waals surface area contributed by atoms with Gasteiger partial charge in [0.05, 0.1) is 11.4 Å². The van der Waals surface area contributed by atoms with Crippen LogP contribution in [-0.4, -0.2) is 25.1 Å². The number of nitrogens with zero attached hydrogens (tertiary/aromatic N) is 2. The second kappa shape index (κ2) is 12.3. The van der Waals surface area contributed by atoms with Crippen molar-refractivity contribution in [2.75, 3.05) is 11.1 Å². The molecule has 1 amide bonds. The molecule has 4 aromatic carbocycles. The fraction of sp³-hybridized carbons (Fsp3) is 0.233. The van der Waals surface area contributed by atoms with E-state index >= 15 is 0 Å². The summed E-state index contributed by atoms with van der Waals surface area (Å²) in [7, 11) is -4.82. The summed E-state index contributed by atoms with van der Waals surface area (Å²) in [4.78, 5) is 11.3. The van der Waals surface area contributed by atoms with Crippen LogP contribution in [0.2, 0.25) is 0 Å². The summed E-state index contributed by atoms with van der Waals surface area (Å²) < 4.78 is 73.7. The minimum Gasteiger partial charge on any atom is -0.399 e. The van der Waals surface area contributed by atoms with E-state index in [1.165, 1.54) is 24.3 Å². The third kappa shape index (κ3) is 6.77. The van der Waals surface area contributed by atoms with Gasteiger partial charge >= 0.3 is 12.1 Å². The molecule has 8 nitrogen and oxygen atoms in total. The minimum absolute atomic E-state index is 0.0745. The highest BCUT2D eigenvalue weighted by molar-refractivity contribution is 7.86. The summed E-state index contributed by atoms with van der Waals surface area (Å²) in [5, 5.41) is 9.95. The van der Waals surface area contributed by atoms with Gasteiger partial charge in [-0.3, -0.25) is 9.35 Å². The van der Waals surface area contributed by atoms with Crippen molar-refractivity contribution in [2.24, 2.45) is 10.2 Å². The number of azo groups is 1. The Morgan fingerprint density at radius 2 is 1.43 bits per heavy atom. The maximum atomic E-state index is 13.2. The predicted octanol–water partition coefficient (Wildman–Crippen LogP) is 8.16. The molecule has 4 aromatic rings. The Morgan fingerprint density at radius 1 is 0.857 bits per heavy atom. The van der Waals surface area contributed by atoms with Gasteiger partial charge in [0, 0.05) is 16.5 Å². The Labute approximate surface area is 241 Å². The van der Waals surface area contributed by atoms with Crippen LogP contribution in [0.15, 0.2) is 81.9 Å². The number of carbonyl (C=O) groups is 1.